The molecule has 1 N–H and O–H groups in total. The number of carbonyl (C=O) groups is 1. The van der Waals surface area contributed by atoms with Gasteiger partial charge in [0, 0.05) is 30.3 Å². The van der Waals surface area contributed by atoms with E-state index < -0.39 is 23.6 Å². The second-order valence-electron chi connectivity index (χ2n) is 6.69. The molecule has 0 saturated heterocycles. The quantitative estimate of drug-likeness (QED) is 0.257. The number of nitrogens with zero attached hydrogens (tertiary/aromatic N) is 1. The minimum Gasteiger partial charge on any atom is -0.322 e. The van der Waals surface area contributed by atoms with Gasteiger partial charge in [-0.3, -0.25) is 9.10 Å². The fraction of sp³-hybridized carbons (Fsp3) is 0.480. The van der Waals surface area contributed by atoms with Crippen LogP contribution in [0.5, 0.6) is 0 Å². The number of benzene rings is 2. The van der Waals surface area contributed by atoms with Crippen molar-refractivity contribution in [3.63, 3.8) is 0 Å². The fourth-order valence-electron chi connectivity index (χ4n) is 2.71. The summed E-state index contributed by atoms with van der Waals surface area (Å²) in [6.45, 7) is 8.00. The second-order valence-corrected chi connectivity index (χ2v) is 9.25. The SMILES string of the molecule is CC.CC.CN(c1ccccc1C(=O)Nc1ccc(SCCCCCC(F)(F)F)cc1)S(C)=O. The summed E-state index contributed by atoms with van der Waals surface area (Å²) in [5.41, 5.74) is 1.63. The molecule has 0 aliphatic heterocycles. The van der Waals surface area contributed by atoms with Crippen LogP contribution < -0.4 is 9.62 Å². The summed E-state index contributed by atoms with van der Waals surface area (Å²) in [5.74, 6) is 0.449. The summed E-state index contributed by atoms with van der Waals surface area (Å²) in [7, 11) is 0.411. The zero-order valence-electron chi connectivity index (χ0n) is 20.9. The molecule has 1 unspecified atom stereocenters. The normalized spacial score (nSPS) is 11.3. The van der Waals surface area contributed by atoms with Gasteiger partial charge in [-0.2, -0.15) is 13.2 Å². The number of alkyl halides is 3. The van der Waals surface area contributed by atoms with E-state index in [1.54, 1.807) is 61.5 Å². The molecule has 2 aromatic rings. The Balaban J connectivity index is 0.00000258. The van der Waals surface area contributed by atoms with Crippen LogP contribution in [0.2, 0.25) is 0 Å². The summed E-state index contributed by atoms with van der Waals surface area (Å²) in [4.78, 5) is 13.7. The molecule has 0 bridgehead atoms. The number of hydrogen-bond acceptors (Lipinski definition) is 3. The lowest BCUT2D eigenvalue weighted by molar-refractivity contribution is -0.135. The molecular formula is C25H37F3N2O2S2. The van der Waals surface area contributed by atoms with Crippen molar-refractivity contribution in [1.82, 2.24) is 0 Å². The van der Waals surface area contributed by atoms with Crippen LogP contribution in [0, 0.1) is 0 Å². The lowest BCUT2D eigenvalue weighted by Crippen LogP contribution is -2.23. The van der Waals surface area contributed by atoms with Gasteiger partial charge in [0.15, 0.2) is 0 Å². The third-order valence-corrected chi connectivity index (χ3v) is 6.43. The van der Waals surface area contributed by atoms with Crippen LogP contribution in [0.1, 0.15) is 63.7 Å². The van der Waals surface area contributed by atoms with Crippen LogP contribution in [0.25, 0.3) is 0 Å². The van der Waals surface area contributed by atoms with E-state index in [4.69, 9.17) is 0 Å². The van der Waals surface area contributed by atoms with E-state index in [1.165, 1.54) is 4.31 Å². The van der Waals surface area contributed by atoms with Crippen LogP contribution in [-0.2, 0) is 11.0 Å². The highest BCUT2D eigenvalue weighted by atomic mass is 32.2. The number of halogens is 3. The molecule has 2 aromatic carbocycles. The Labute approximate surface area is 209 Å². The maximum atomic E-state index is 12.7. The number of nitrogens with one attached hydrogen (secondary N) is 1. The van der Waals surface area contributed by atoms with E-state index in [-0.39, 0.29) is 12.3 Å². The largest absolute Gasteiger partial charge is 0.389 e. The Hall–Kier alpha value is -2.00. The predicted octanol–water partition coefficient (Wildman–Crippen LogP) is 7.94. The highest BCUT2D eigenvalue weighted by Gasteiger charge is 2.25. The van der Waals surface area contributed by atoms with Gasteiger partial charge in [0.25, 0.3) is 5.91 Å². The van der Waals surface area contributed by atoms with Crippen LogP contribution in [0.15, 0.2) is 53.4 Å². The highest BCUT2D eigenvalue weighted by Crippen LogP contribution is 2.26. The lowest BCUT2D eigenvalue weighted by Gasteiger charge is -2.19. The summed E-state index contributed by atoms with van der Waals surface area (Å²) in [6, 6.07) is 14.3. The molecule has 0 aromatic heterocycles. The molecule has 9 heteroatoms. The molecule has 2 rings (SSSR count). The smallest absolute Gasteiger partial charge is 0.322 e. The molecule has 1 amide bonds. The van der Waals surface area contributed by atoms with Crippen molar-refractivity contribution in [3.8, 4) is 0 Å². The molecule has 0 spiro atoms. The molecule has 0 aliphatic rings. The summed E-state index contributed by atoms with van der Waals surface area (Å²) in [5, 5.41) is 2.84. The van der Waals surface area contributed by atoms with Gasteiger partial charge in [-0.25, -0.2) is 4.21 Å². The number of thioether (sulfide) groups is 1. The number of unbranched alkanes of at least 4 members (excludes halogenated alkanes) is 2. The average molecular weight is 519 g/mol. The van der Waals surface area contributed by atoms with Gasteiger partial charge in [0.2, 0.25) is 0 Å². The van der Waals surface area contributed by atoms with Crippen molar-refractivity contribution in [2.45, 2.75) is 64.5 Å². The molecular weight excluding hydrogens is 481 g/mol. The maximum Gasteiger partial charge on any atom is 0.389 e. The van der Waals surface area contributed by atoms with Gasteiger partial charge in [0.1, 0.15) is 11.0 Å². The van der Waals surface area contributed by atoms with Gasteiger partial charge in [-0.15, -0.1) is 11.8 Å². The van der Waals surface area contributed by atoms with Crippen LogP contribution >= 0.6 is 11.8 Å². The van der Waals surface area contributed by atoms with E-state index >= 15 is 0 Å². The predicted molar refractivity (Wildman–Crippen MR) is 141 cm³/mol. The lowest BCUT2D eigenvalue weighted by atomic mass is 10.1. The van der Waals surface area contributed by atoms with Crippen LogP contribution in [-0.4, -0.2) is 35.3 Å². The third-order valence-electron chi connectivity index (χ3n) is 4.36. The van der Waals surface area contributed by atoms with E-state index in [1.807, 2.05) is 39.8 Å². The number of para-hydroxylation sites is 1. The number of rotatable bonds is 10. The molecule has 4 nitrogen and oxygen atoms in total. The zero-order chi connectivity index (χ0) is 26.1. The van der Waals surface area contributed by atoms with E-state index in [0.717, 1.165) is 17.1 Å². The summed E-state index contributed by atoms with van der Waals surface area (Å²) >= 11 is 1.58. The average Bonchev–Trinajstić information content (AvgIpc) is 2.83. The van der Waals surface area contributed by atoms with Crippen molar-refractivity contribution >= 4 is 40.0 Å². The van der Waals surface area contributed by atoms with Gasteiger partial charge in [-0.1, -0.05) is 46.2 Å². The van der Waals surface area contributed by atoms with Crippen molar-refractivity contribution < 1.29 is 22.2 Å². The minimum atomic E-state index is -4.07. The number of amides is 1. The van der Waals surface area contributed by atoms with Crippen LogP contribution in [0.4, 0.5) is 24.5 Å². The fourth-order valence-corrected chi connectivity index (χ4v) is 4.05. The Morgan fingerprint density at radius 1 is 0.971 bits per heavy atom. The summed E-state index contributed by atoms with van der Waals surface area (Å²) in [6.07, 6.45) is -1.81. The van der Waals surface area contributed by atoms with Crippen molar-refractivity contribution in [2.24, 2.45) is 0 Å². The van der Waals surface area contributed by atoms with E-state index in [2.05, 4.69) is 5.32 Å². The number of hydrogen-bond donors (Lipinski definition) is 1. The zero-order valence-corrected chi connectivity index (χ0v) is 22.5. The van der Waals surface area contributed by atoms with Crippen LogP contribution in [0.3, 0.4) is 0 Å². The Kier molecular flexibility index (Phi) is 16.4. The monoisotopic (exact) mass is 518 g/mol. The van der Waals surface area contributed by atoms with Crippen molar-refractivity contribution in [1.29, 1.82) is 0 Å². The van der Waals surface area contributed by atoms with Gasteiger partial charge in [-0.05, 0) is 55.0 Å². The highest BCUT2D eigenvalue weighted by molar-refractivity contribution is 7.99. The minimum absolute atomic E-state index is 0.164. The Morgan fingerprint density at radius 2 is 1.56 bits per heavy atom. The first-order valence-corrected chi connectivity index (χ1v) is 13.9. The van der Waals surface area contributed by atoms with Gasteiger partial charge >= 0.3 is 6.18 Å². The Morgan fingerprint density at radius 3 is 2.12 bits per heavy atom. The first kappa shape index (κ1) is 32.0. The molecule has 34 heavy (non-hydrogen) atoms. The van der Waals surface area contributed by atoms with Crippen molar-refractivity contribution in [2.75, 3.05) is 28.7 Å². The standard InChI is InChI=1S/C21H25F3N2O2S2.2C2H6/c1-26(30(2)28)19-9-5-4-8-18(19)20(27)25-16-10-12-17(13-11-16)29-15-7-3-6-14-21(22,23)24;2*1-2/h4-5,8-13H,3,6-7,14-15H2,1-2H3,(H,25,27);2*1-2H3. The van der Waals surface area contributed by atoms with E-state index in [0.29, 0.717) is 23.4 Å². The molecule has 0 saturated carbocycles. The van der Waals surface area contributed by atoms with E-state index in [9.17, 15) is 22.2 Å². The first-order chi connectivity index (χ1) is 16.2. The molecule has 0 heterocycles. The van der Waals surface area contributed by atoms with Gasteiger partial charge < -0.3 is 5.32 Å². The second kappa shape index (κ2) is 17.4. The summed E-state index contributed by atoms with van der Waals surface area (Å²) < 4.78 is 49.6. The van der Waals surface area contributed by atoms with Gasteiger partial charge in [0.05, 0.1) is 11.3 Å². The molecule has 0 fully saturated rings. The first-order valence-electron chi connectivity index (χ1n) is 11.4. The third kappa shape index (κ3) is 12.5. The number of carbonyl (C=O) groups excluding carboxylic acids is 1. The molecule has 0 radical (unpaired) electrons. The number of anilines is 2. The molecule has 1 atom stereocenters. The van der Waals surface area contributed by atoms with Crippen molar-refractivity contribution in [3.05, 3.63) is 54.1 Å². The maximum absolute atomic E-state index is 12.7. The Bertz CT molecular complexity index is 860. The molecule has 0 aliphatic carbocycles. The molecule has 192 valence electrons. The topological polar surface area (TPSA) is 49.4 Å².